The highest BCUT2D eigenvalue weighted by Gasteiger charge is 2.04. The number of hydrogen-bond donors (Lipinski definition) is 2. The summed E-state index contributed by atoms with van der Waals surface area (Å²) < 4.78 is 0. The van der Waals surface area contributed by atoms with E-state index in [2.05, 4.69) is 21.9 Å². The molecular weight excluding hydrogens is 262 g/mol. The lowest BCUT2D eigenvalue weighted by Crippen LogP contribution is -2.25. The maximum atomic E-state index is 11.4. The number of H-pyrrole nitrogens is 1. The number of aromatic nitrogens is 2. The lowest BCUT2D eigenvalue weighted by atomic mass is 10.1. The van der Waals surface area contributed by atoms with Crippen LogP contribution < -0.4 is 5.32 Å². The SMILES string of the molecule is C=Cc1ccc(-c2ncc(CCNC(=O)CCC)[nH]2)cc1. The monoisotopic (exact) mass is 283 g/mol. The Morgan fingerprint density at radius 2 is 2.14 bits per heavy atom. The van der Waals surface area contributed by atoms with Gasteiger partial charge in [0.1, 0.15) is 5.82 Å². The minimum absolute atomic E-state index is 0.109. The lowest BCUT2D eigenvalue weighted by molar-refractivity contribution is -0.121. The summed E-state index contributed by atoms with van der Waals surface area (Å²) >= 11 is 0. The van der Waals surface area contributed by atoms with Crippen molar-refractivity contribution in [2.24, 2.45) is 0 Å². The standard InChI is InChI=1S/C17H21N3O/c1-3-5-16(21)18-11-10-15-12-19-17(20-15)14-8-6-13(4-2)7-9-14/h4,6-9,12H,2-3,5,10-11H2,1H3,(H,18,21)(H,19,20). The first-order valence-electron chi connectivity index (χ1n) is 7.26. The largest absolute Gasteiger partial charge is 0.356 e. The first kappa shape index (κ1) is 15.0. The zero-order valence-electron chi connectivity index (χ0n) is 12.4. The van der Waals surface area contributed by atoms with Crippen molar-refractivity contribution in [1.29, 1.82) is 0 Å². The molecule has 0 aliphatic rings. The molecule has 1 heterocycles. The van der Waals surface area contributed by atoms with E-state index in [4.69, 9.17) is 0 Å². The average molecular weight is 283 g/mol. The number of aromatic amines is 1. The molecular formula is C17H21N3O. The predicted octanol–water partition coefficient (Wildman–Crippen LogP) is 3.18. The van der Waals surface area contributed by atoms with Gasteiger partial charge in [0.05, 0.1) is 0 Å². The van der Waals surface area contributed by atoms with E-state index in [1.54, 1.807) is 0 Å². The molecule has 4 heteroatoms. The van der Waals surface area contributed by atoms with Crippen LogP contribution in [0.2, 0.25) is 0 Å². The fourth-order valence-corrected chi connectivity index (χ4v) is 2.06. The minimum Gasteiger partial charge on any atom is -0.356 e. The van der Waals surface area contributed by atoms with Gasteiger partial charge in [-0.3, -0.25) is 4.79 Å². The lowest BCUT2D eigenvalue weighted by Gasteiger charge is -2.02. The molecule has 0 saturated heterocycles. The van der Waals surface area contributed by atoms with Gasteiger partial charge in [0, 0.05) is 36.8 Å². The minimum atomic E-state index is 0.109. The van der Waals surface area contributed by atoms with Gasteiger partial charge in [-0.2, -0.15) is 0 Å². The molecule has 4 nitrogen and oxygen atoms in total. The van der Waals surface area contributed by atoms with Gasteiger partial charge in [-0.25, -0.2) is 4.98 Å². The Hall–Kier alpha value is -2.36. The fraction of sp³-hybridized carbons (Fsp3) is 0.294. The topological polar surface area (TPSA) is 57.8 Å². The van der Waals surface area contributed by atoms with Gasteiger partial charge in [-0.15, -0.1) is 0 Å². The normalized spacial score (nSPS) is 10.3. The molecule has 0 aliphatic heterocycles. The predicted molar refractivity (Wildman–Crippen MR) is 85.7 cm³/mol. The zero-order valence-corrected chi connectivity index (χ0v) is 12.4. The third kappa shape index (κ3) is 4.31. The van der Waals surface area contributed by atoms with Gasteiger partial charge in [0.2, 0.25) is 5.91 Å². The number of rotatable bonds is 7. The van der Waals surface area contributed by atoms with Gasteiger partial charge >= 0.3 is 0 Å². The van der Waals surface area contributed by atoms with Gasteiger partial charge in [0.25, 0.3) is 0 Å². The molecule has 2 rings (SSSR count). The van der Waals surface area contributed by atoms with E-state index in [0.29, 0.717) is 13.0 Å². The molecule has 2 N–H and O–H groups in total. The number of hydrogen-bond acceptors (Lipinski definition) is 2. The number of nitrogens with one attached hydrogen (secondary N) is 2. The molecule has 0 fully saturated rings. The molecule has 1 amide bonds. The highest BCUT2D eigenvalue weighted by atomic mass is 16.1. The van der Waals surface area contributed by atoms with Crippen molar-refractivity contribution in [2.75, 3.05) is 6.54 Å². The van der Waals surface area contributed by atoms with Crippen LogP contribution in [-0.4, -0.2) is 22.4 Å². The van der Waals surface area contributed by atoms with E-state index in [0.717, 1.165) is 35.5 Å². The quantitative estimate of drug-likeness (QED) is 0.820. The molecule has 0 aliphatic carbocycles. The smallest absolute Gasteiger partial charge is 0.219 e. The van der Waals surface area contributed by atoms with E-state index in [9.17, 15) is 4.79 Å². The second-order valence-corrected chi connectivity index (χ2v) is 4.93. The second-order valence-electron chi connectivity index (χ2n) is 4.93. The van der Waals surface area contributed by atoms with E-state index < -0.39 is 0 Å². The van der Waals surface area contributed by atoms with Crippen molar-refractivity contribution in [2.45, 2.75) is 26.2 Å². The summed E-state index contributed by atoms with van der Waals surface area (Å²) in [6.45, 7) is 6.37. The molecule has 1 aromatic heterocycles. The Kier molecular flexibility index (Phi) is 5.32. The number of carbonyl (C=O) groups is 1. The van der Waals surface area contributed by atoms with E-state index in [1.807, 2.05) is 43.5 Å². The van der Waals surface area contributed by atoms with Crippen LogP contribution in [0.15, 0.2) is 37.0 Å². The molecule has 0 atom stereocenters. The first-order valence-corrected chi connectivity index (χ1v) is 7.26. The summed E-state index contributed by atoms with van der Waals surface area (Å²) in [7, 11) is 0. The molecule has 0 spiro atoms. The van der Waals surface area contributed by atoms with Crippen LogP contribution in [0.5, 0.6) is 0 Å². The van der Waals surface area contributed by atoms with Crippen molar-refractivity contribution in [3.63, 3.8) is 0 Å². The molecule has 0 unspecified atom stereocenters. The summed E-state index contributed by atoms with van der Waals surface area (Å²) in [6.07, 6.45) is 5.86. The van der Waals surface area contributed by atoms with Crippen LogP contribution in [0.4, 0.5) is 0 Å². The molecule has 0 radical (unpaired) electrons. The van der Waals surface area contributed by atoms with Gasteiger partial charge in [-0.05, 0) is 12.0 Å². The molecule has 0 bridgehead atoms. The van der Waals surface area contributed by atoms with Crippen molar-refractivity contribution in [1.82, 2.24) is 15.3 Å². The molecule has 21 heavy (non-hydrogen) atoms. The first-order chi connectivity index (χ1) is 10.2. The maximum Gasteiger partial charge on any atom is 0.219 e. The van der Waals surface area contributed by atoms with Crippen LogP contribution in [0, 0.1) is 0 Å². The Morgan fingerprint density at radius 3 is 2.81 bits per heavy atom. The van der Waals surface area contributed by atoms with Crippen LogP contribution in [0.1, 0.15) is 31.0 Å². The van der Waals surface area contributed by atoms with Crippen molar-refractivity contribution >= 4 is 12.0 Å². The average Bonchev–Trinajstić information content (AvgIpc) is 2.96. The zero-order chi connectivity index (χ0) is 15.1. The Balaban J connectivity index is 1.91. The van der Waals surface area contributed by atoms with E-state index in [-0.39, 0.29) is 5.91 Å². The number of amides is 1. The highest BCUT2D eigenvalue weighted by Crippen LogP contribution is 2.17. The van der Waals surface area contributed by atoms with E-state index >= 15 is 0 Å². The Bertz CT molecular complexity index is 599. The fourth-order valence-electron chi connectivity index (χ4n) is 2.06. The number of carbonyl (C=O) groups excluding carboxylic acids is 1. The third-order valence-electron chi connectivity index (χ3n) is 3.24. The number of benzene rings is 1. The van der Waals surface area contributed by atoms with Gasteiger partial charge < -0.3 is 10.3 Å². The summed E-state index contributed by atoms with van der Waals surface area (Å²) in [5, 5.41) is 2.90. The van der Waals surface area contributed by atoms with Crippen molar-refractivity contribution < 1.29 is 4.79 Å². The van der Waals surface area contributed by atoms with Crippen LogP contribution >= 0.6 is 0 Å². The van der Waals surface area contributed by atoms with Crippen molar-refractivity contribution in [3.05, 3.63) is 48.3 Å². The molecule has 0 saturated carbocycles. The third-order valence-corrected chi connectivity index (χ3v) is 3.24. The number of imidazole rings is 1. The molecule has 2 aromatic rings. The number of nitrogens with zero attached hydrogens (tertiary/aromatic N) is 1. The highest BCUT2D eigenvalue weighted by molar-refractivity contribution is 5.75. The summed E-state index contributed by atoms with van der Waals surface area (Å²) in [5.74, 6) is 0.956. The van der Waals surface area contributed by atoms with Gasteiger partial charge in [0.15, 0.2) is 0 Å². The summed E-state index contributed by atoms with van der Waals surface area (Å²) in [5.41, 5.74) is 3.15. The van der Waals surface area contributed by atoms with E-state index in [1.165, 1.54) is 0 Å². The Morgan fingerprint density at radius 1 is 1.38 bits per heavy atom. The van der Waals surface area contributed by atoms with Gasteiger partial charge in [-0.1, -0.05) is 43.8 Å². The summed E-state index contributed by atoms with van der Waals surface area (Å²) in [6, 6.07) is 8.05. The Labute approximate surface area is 125 Å². The summed E-state index contributed by atoms with van der Waals surface area (Å²) in [4.78, 5) is 19.0. The van der Waals surface area contributed by atoms with Crippen LogP contribution in [0.25, 0.3) is 17.5 Å². The van der Waals surface area contributed by atoms with Crippen LogP contribution in [0.3, 0.4) is 0 Å². The second kappa shape index (κ2) is 7.43. The molecule has 1 aromatic carbocycles. The van der Waals surface area contributed by atoms with Crippen molar-refractivity contribution in [3.8, 4) is 11.4 Å². The van der Waals surface area contributed by atoms with Crippen LogP contribution in [-0.2, 0) is 11.2 Å². The maximum absolute atomic E-state index is 11.4. The molecule has 110 valence electrons.